The van der Waals surface area contributed by atoms with Crippen molar-refractivity contribution in [1.82, 2.24) is 5.32 Å². The molecule has 3 aromatic carbocycles. The molecule has 41 heavy (non-hydrogen) atoms. The Balaban J connectivity index is 1.42. The van der Waals surface area contributed by atoms with E-state index in [2.05, 4.69) is 15.4 Å². The first-order valence-corrected chi connectivity index (χ1v) is 13.1. The third-order valence-electron chi connectivity index (χ3n) is 6.43. The number of para-hydroxylation sites is 1. The van der Waals surface area contributed by atoms with Gasteiger partial charge >= 0.3 is 12.1 Å². The van der Waals surface area contributed by atoms with Crippen molar-refractivity contribution < 1.29 is 33.8 Å². The summed E-state index contributed by atoms with van der Waals surface area (Å²) in [6.45, 7) is -0.858. The molecule has 2 aliphatic rings. The number of hydrogen-bond acceptors (Lipinski definition) is 8. The molecule has 12 heteroatoms. The summed E-state index contributed by atoms with van der Waals surface area (Å²) in [7, 11) is 0. The lowest BCUT2D eigenvalue weighted by molar-refractivity contribution is -0.155. The fraction of sp³-hybridized carbons (Fsp3) is 0.207. The molecule has 0 aliphatic carbocycles. The highest BCUT2D eigenvalue weighted by atomic mass is 35.5. The summed E-state index contributed by atoms with van der Waals surface area (Å²) in [4.78, 5) is 56.9. The number of carbonyl (C=O) groups is 4. The molecule has 0 aromatic heterocycles. The van der Waals surface area contributed by atoms with Gasteiger partial charge in [0.25, 0.3) is 5.91 Å². The number of amides is 3. The van der Waals surface area contributed by atoms with Crippen LogP contribution in [0.4, 0.5) is 16.2 Å². The van der Waals surface area contributed by atoms with Gasteiger partial charge in [-0.25, -0.2) is 4.79 Å². The maximum absolute atomic E-state index is 13.9. The normalized spacial score (nSPS) is 19.9. The highest BCUT2D eigenvalue weighted by Crippen LogP contribution is 2.29. The molecule has 0 bridgehead atoms. The third kappa shape index (κ3) is 6.53. The second-order valence-electron chi connectivity index (χ2n) is 9.29. The first-order chi connectivity index (χ1) is 19.8. The Morgan fingerprint density at radius 3 is 2.44 bits per heavy atom. The molecule has 2 heterocycles. The Labute approximate surface area is 239 Å². The second-order valence-corrected chi connectivity index (χ2v) is 9.73. The van der Waals surface area contributed by atoms with Gasteiger partial charge in [0.15, 0.2) is 6.04 Å². The number of rotatable bonds is 7. The van der Waals surface area contributed by atoms with E-state index < -0.39 is 55.4 Å². The summed E-state index contributed by atoms with van der Waals surface area (Å²) in [5, 5.41) is 15.5. The first-order valence-electron chi connectivity index (χ1n) is 12.7. The molecule has 3 atom stereocenters. The van der Waals surface area contributed by atoms with Crippen LogP contribution in [0.25, 0.3) is 0 Å². The van der Waals surface area contributed by atoms with Gasteiger partial charge in [-0.1, -0.05) is 60.1 Å². The molecule has 1 fully saturated rings. The number of halogens is 1. The summed E-state index contributed by atoms with van der Waals surface area (Å²) in [5.74, 6) is -1.86. The quantitative estimate of drug-likeness (QED) is 0.366. The van der Waals surface area contributed by atoms with Crippen molar-refractivity contribution in [2.45, 2.75) is 24.8 Å². The molecule has 11 nitrogen and oxygen atoms in total. The molecular formula is C29H25ClN4O7. The zero-order valence-electron chi connectivity index (χ0n) is 21.5. The molecule has 5 rings (SSSR count). The third-order valence-corrected chi connectivity index (χ3v) is 6.68. The van der Waals surface area contributed by atoms with Gasteiger partial charge in [0.05, 0.1) is 17.8 Å². The van der Waals surface area contributed by atoms with Crippen LogP contribution in [0.3, 0.4) is 0 Å². The lowest BCUT2D eigenvalue weighted by Crippen LogP contribution is -2.49. The number of nitrogens with one attached hydrogen (secondary N) is 2. The van der Waals surface area contributed by atoms with E-state index in [1.165, 1.54) is 4.90 Å². The summed E-state index contributed by atoms with van der Waals surface area (Å²) in [6, 6.07) is 20.4. The number of carbonyl (C=O) groups excluding carboxylic acids is 4. The van der Waals surface area contributed by atoms with E-state index in [9.17, 15) is 24.3 Å². The average molecular weight is 577 g/mol. The van der Waals surface area contributed by atoms with Crippen LogP contribution in [-0.4, -0.2) is 66.2 Å². The van der Waals surface area contributed by atoms with Crippen LogP contribution in [0.1, 0.15) is 17.5 Å². The topological polar surface area (TPSA) is 147 Å². The minimum Gasteiger partial charge on any atom is -0.446 e. The standard InChI is InChI=1S/C29H25ClN4O7/c30-18-10-12-19(13-11-18)31-29(39)40-16-22-27(37)34(15-24(35)32-21-14-25(36)41-28(21)38)23-9-5-4-8-20(23)26(33-22)17-6-2-1-3-7-17/h1-13,21-22,28,38H,14-16H2,(H,31,39)(H,32,35)/t21-,22-,28?/m1/s1. The van der Waals surface area contributed by atoms with E-state index in [1.807, 2.05) is 30.3 Å². The molecule has 0 radical (unpaired) electrons. The molecule has 0 spiro atoms. The lowest BCUT2D eigenvalue weighted by atomic mass is 10.0. The van der Waals surface area contributed by atoms with E-state index in [1.54, 1.807) is 48.5 Å². The van der Waals surface area contributed by atoms with Crippen molar-refractivity contribution in [3.63, 3.8) is 0 Å². The number of benzodiazepines with no additional fused rings is 1. The predicted octanol–water partition coefficient (Wildman–Crippen LogP) is 2.89. The molecule has 2 aliphatic heterocycles. The van der Waals surface area contributed by atoms with Gasteiger partial charge in [-0.2, -0.15) is 0 Å². The minimum atomic E-state index is -1.48. The highest BCUT2D eigenvalue weighted by Gasteiger charge is 2.37. The zero-order valence-corrected chi connectivity index (χ0v) is 22.3. The number of hydrogen-bond donors (Lipinski definition) is 3. The Bertz CT molecular complexity index is 1500. The minimum absolute atomic E-state index is 0.197. The van der Waals surface area contributed by atoms with Gasteiger partial charge in [-0.3, -0.25) is 24.7 Å². The molecular weight excluding hydrogens is 552 g/mol. The lowest BCUT2D eigenvalue weighted by Gasteiger charge is -2.25. The van der Waals surface area contributed by atoms with Crippen LogP contribution < -0.4 is 15.5 Å². The largest absolute Gasteiger partial charge is 0.446 e. The highest BCUT2D eigenvalue weighted by molar-refractivity contribution is 6.30. The van der Waals surface area contributed by atoms with Crippen LogP contribution in [-0.2, 0) is 23.9 Å². The van der Waals surface area contributed by atoms with Crippen molar-refractivity contribution in [3.8, 4) is 0 Å². The maximum Gasteiger partial charge on any atom is 0.411 e. The van der Waals surface area contributed by atoms with Crippen molar-refractivity contribution in [2.24, 2.45) is 4.99 Å². The molecule has 3 aromatic rings. The molecule has 3 amide bonds. The number of esters is 1. The van der Waals surface area contributed by atoms with Crippen molar-refractivity contribution in [2.75, 3.05) is 23.4 Å². The average Bonchev–Trinajstić information content (AvgIpc) is 3.23. The number of cyclic esters (lactones) is 1. The van der Waals surface area contributed by atoms with Gasteiger partial charge in [0.2, 0.25) is 12.2 Å². The number of aliphatic hydroxyl groups excluding tert-OH is 1. The Morgan fingerprint density at radius 2 is 1.73 bits per heavy atom. The van der Waals surface area contributed by atoms with E-state index in [4.69, 9.17) is 21.3 Å². The zero-order chi connectivity index (χ0) is 28.9. The monoisotopic (exact) mass is 576 g/mol. The Kier molecular flexibility index (Phi) is 8.27. The number of aliphatic imine (C=N–C) groups is 1. The molecule has 3 N–H and O–H groups in total. The fourth-order valence-electron chi connectivity index (χ4n) is 4.49. The number of anilines is 2. The summed E-state index contributed by atoms with van der Waals surface area (Å²) in [6.07, 6.45) is -2.48. The van der Waals surface area contributed by atoms with Gasteiger partial charge in [0, 0.05) is 21.8 Å². The smallest absolute Gasteiger partial charge is 0.411 e. The molecule has 0 saturated carbocycles. The van der Waals surface area contributed by atoms with E-state index in [-0.39, 0.29) is 6.42 Å². The predicted molar refractivity (Wildman–Crippen MR) is 150 cm³/mol. The van der Waals surface area contributed by atoms with E-state index in [0.29, 0.717) is 27.7 Å². The van der Waals surface area contributed by atoms with Gasteiger partial charge in [0.1, 0.15) is 19.2 Å². The fourth-order valence-corrected chi connectivity index (χ4v) is 4.62. The van der Waals surface area contributed by atoms with Crippen molar-refractivity contribution in [1.29, 1.82) is 0 Å². The van der Waals surface area contributed by atoms with Gasteiger partial charge in [-0.15, -0.1) is 0 Å². The van der Waals surface area contributed by atoms with Crippen LogP contribution in [0.15, 0.2) is 83.9 Å². The molecule has 210 valence electrons. The first kappa shape index (κ1) is 27.8. The van der Waals surface area contributed by atoms with Crippen LogP contribution in [0.2, 0.25) is 5.02 Å². The van der Waals surface area contributed by atoms with Gasteiger partial charge in [-0.05, 0) is 30.3 Å². The van der Waals surface area contributed by atoms with Crippen molar-refractivity contribution >= 4 is 52.6 Å². The maximum atomic E-state index is 13.9. The SMILES string of the molecule is O=C(CN1C(=O)[C@@H](COC(=O)Nc2ccc(Cl)cc2)N=C(c2ccccc2)c2ccccc21)N[C@@H]1CC(=O)OC1O. The number of fused-ring (bicyclic) bond motifs is 1. The molecule has 1 saturated heterocycles. The number of ether oxygens (including phenoxy) is 2. The van der Waals surface area contributed by atoms with Crippen LogP contribution in [0.5, 0.6) is 0 Å². The number of aliphatic hydroxyl groups is 1. The second kappa shape index (κ2) is 12.2. The number of benzene rings is 3. The van der Waals surface area contributed by atoms with Gasteiger partial charge < -0.3 is 24.8 Å². The van der Waals surface area contributed by atoms with Crippen LogP contribution >= 0.6 is 11.6 Å². The summed E-state index contributed by atoms with van der Waals surface area (Å²) in [5.41, 5.74) is 2.66. The van der Waals surface area contributed by atoms with E-state index >= 15 is 0 Å². The summed E-state index contributed by atoms with van der Waals surface area (Å²) >= 11 is 5.89. The Hall–Kier alpha value is -4.74. The molecule has 1 unspecified atom stereocenters. The number of nitrogens with zero attached hydrogens (tertiary/aromatic N) is 2. The summed E-state index contributed by atoms with van der Waals surface area (Å²) < 4.78 is 10.1. The van der Waals surface area contributed by atoms with Crippen LogP contribution in [0, 0.1) is 0 Å². The van der Waals surface area contributed by atoms with E-state index in [0.717, 1.165) is 5.56 Å². The Morgan fingerprint density at radius 1 is 1.02 bits per heavy atom. The van der Waals surface area contributed by atoms with Crippen molar-refractivity contribution in [3.05, 3.63) is 95.0 Å².